The first-order chi connectivity index (χ1) is 9.10. The van der Waals surface area contributed by atoms with Gasteiger partial charge in [-0.2, -0.15) is 0 Å². The topological polar surface area (TPSA) is 66.9 Å². The van der Waals surface area contributed by atoms with E-state index in [1.165, 1.54) is 6.20 Å². The molecule has 0 bridgehead atoms. The van der Waals surface area contributed by atoms with E-state index < -0.39 is 0 Å². The summed E-state index contributed by atoms with van der Waals surface area (Å²) in [5, 5.41) is 5.96. The molecule has 0 unspecified atom stereocenters. The van der Waals surface area contributed by atoms with Gasteiger partial charge in [0.15, 0.2) is 0 Å². The van der Waals surface area contributed by atoms with Crippen LogP contribution in [0, 0.1) is 6.92 Å². The van der Waals surface area contributed by atoms with Gasteiger partial charge < -0.3 is 10.6 Å². The van der Waals surface area contributed by atoms with Gasteiger partial charge in [0.2, 0.25) is 0 Å². The van der Waals surface area contributed by atoms with E-state index in [4.69, 9.17) is 11.6 Å². The maximum absolute atomic E-state index is 12.0. The van der Waals surface area contributed by atoms with Crippen molar-refractivity contribution in [2.24, 2.45) is 0 Å². The zero-order valence-corrected chi connectivity index (χ0v) is 11.3. The first kappa shape index (κ1) is 13.3. The zero-order chi connectivity index (χ0) is 13.8. The smallest absolute Gasteiger partial charge is 0.257 e. The molecule has 0 atom stereocenters. The van der Waals surface area contributed by atoms with Crippen LogP contribution in [0.3, 0.4) is 0 Å². The summed E-state index contributed by atoms with van der Waals surface area (Å²) >= 11 is 5.98. The van der Waals surface area contributed by atoms with Crippen molar-refractivity contribution in [2.45, 2.75) is 6.92 Å². The molecular weight excluding hydrogens is 264 g/mol. The highest BCUT2D eigenvalue weighted by atomic mass is 35.5. The zero-order valence-electron chi connectivity index (χ0n) is 10.6. The monoisotopic (exact) mass is 276 g/mol. The van der Waals surface area contributed by atoms with Crippen molar-refractivity contribution in [2.75, 3.05) is 17.7 Å². The fourth-order valence-corrected chi connectivity index (χ4v) is 1.75. The van der Waals surface area contributed by atoms with Gasteiger partial charge in [0.25, 0.3) is 5.91 Å². The Balaban J connectivity index is 2.16. The number of carbonyl (C=O) groups is 1. The highest BCUT2D eigenvalue weighted by Crippen LogP contribution is 2.20. The molecule has 2 rings (SSSR count). The van der Waals surface area contributed by atoms with Gasteiger partial charge in [0.1, 0.15) is 5.82 Å². The minimum Gasteiger partial charge on any atom is -0.372 e. The number of nitrogens with one attached hydrogen (secondary N) is 2. The van der Waals surface area contributed by atoms with E-state index in [2.05, 4.69) is 20.6 Å². The van der Waals surface area contributed by atoms with Crippen LogP contribution in [0.2, 0.25) is 5.02 Å². The van der Waals surface area contributed by atoms with Crippen LogP contribution in [0.25, 0.3) is 0 Å². The molecule has 0 spiro atoms. The van der Waals surface area contributed by atoms with Gasteiger partial charge in [-0.1, -0.05) is 11.6 Å². The molecule has 2 aromatic rings. The molecule has 0 aliphatic rings. The Bertz CT molecular complexity index is 598. The number of anilines is 2. The Kier molecular flexibility index (Phi) is 3.97. The number of hydrogen-bond donors (Lipinski definition) is 2. The Morgan fingerprint density at radius 2 is 2.05 bits per heavy atom. The number of nitrogens with zero attached hydrogens (tertiary/aromatic N) is 2. The Morgan fingerprint density at radius 1 is 1.26 bits per heavy atom. The van der Waals surface area contributed by atoms with Crippen molar-refractivity contribution in [1.82, 2.24) is 9.97 Å². The summed E-state index contributed by atoms with van der Waals surface area (Å²) in [5.41, 5.74) is 1.91. The largest absolute Gasteiger partial charge is 0.372 e. The van der Waals surface area contributed by atoms with E-state index in [1.54, 1.807) is 25.4 Å². The third-order valence-electron chi connectivity index (χ3n) is 2.51. The number of aromatic nitrogens is 2. The highest BCUT2D eigenvalue weighted by molar-refractivity contribution is 6.33. The second kappa shape index (κ2) is 5.67. The predicted molar refractivity (Wildman–Crippen MR) is 75.7 cm³/mol. The fraction of sp³-hybridized carbons (Fsp3) is 0.154. The molecule has 0 aliphatic heterocycles. The maximum atomic E-state index is 12.0. The first-order valence-electron chi connectivity index (χ1n) is 5.67. The molecule has 0 saturated heterocycles. The van der Waals surface area contributed by atoms with Gasteiger partial charge in [-0.05, 0) is 25.1 Å². The van der Waals surface area contributed by atoms with E-state index >= 15 is 0 Å². The first-order valence-corrected chi connectivity index (χ1v) is 6.05. The molecule has 0 radical (unpaired) electrons. The van der Waals surface area contributed by atoms with Crippen LogP contribution >= 0.6 is 11.6 Å². The van der Waals surface area contributed by atoms with Gasteiger partial charge in [-0.3, -0.25) is 9.78 Å². The summed E-state index contributed by atoms with van der Waals surface area (Å²) in [7, 11) is 1.71. The number of carbonyl (C=O) groups excluding carboxylic acids is 1. The Hall–Kier alpha value is -2.14. The maximum Gasteiger partial charge on any atom is 0.257 e. The van der Waals surface area contributed by atoms with E-state index in [1.807, 2.05) is 13.0 Å². The third-order valence-corrected chi connectivity index (χ3v) is 2.80. The number of rotatable bonds is 3. The quantitative estimate of drug-likeness (QED) is 0.905. The number of pyridine rings is 2. The molecule has 0 aromatic carbocycles. The van der Waals surface area contributed by atoms with Crippen LogP contribution in [-0.2, 0) is 0 Å². The lowest BCUT2D eigenvalue weighted by Gasteiger charge is -2.07. The van der Waals surface area contributed by atoms with E-state index in [0.717, 1.165) is 5.69 Å². The molecule has 6 heteroatoms. The van der Waals surface area contributed by atoms with Gasteiger partial charge >= 0.3 is 0 Å². The van der Waals surface area contributed by atoms with Crippen molar-refractivity contribution in [3.63, 3.8) is 0 Å². The van der Waals surface area contributed by atoms with Gasteiger partial charge in [0.05, 0.1) is 22.5 Å². The van der Waals surface area contributed by atoms with Crippen LogP contribution in [-0.4, -0.2) is 22.9 Å². The summed E-state index contributed by atoms with van der Waals surface area (Å²) in [6, 6.07) is 5.18. The molecule has 2 aromatic heterocycles. The summed E-state index contributed by atoms with van der Waals surface area (Å²) in [6.45, 7) is 1.88. The lowest BCUT2D eigenvalue weighted by molar-refractivity contribution is 0.102. The Morgan fingerprint density at radius 3 is 2.63 bits per heavy atom. The molecule has 0 aliphatic carbocycles. The van der Waals surface area contributed by atoms with Gasteiger partial charge in [-0.25, -0.2) is 4.98 Å². The number of amides is 1. The third kappa shape index (κ3) is 3.20. The Labute approximate surface area is 116 Å². The summed E-state index contributed by atoms with van der Waals surface area (Å²) < 4.78 is 0. The van der Waals surface area contributed by atoms with Crippen molar-refractivity contribution >= 4 is 29.0 Å². The van der Waals surface area contributed by atoms with Gasteiger partial charge in [0, 0.05) is 18.9 Å². The number of halogens is 1. The second-order valence-electron chi connectivity index (χ2n) is 3.95. The van der Waals surface area contributed by atoms with E-state index in [9.17, 15) is 4.79 Å². The van der Waals surface area contributed by atoms with Crippen molar-refractivity contribution in [3.05, 3.63) is 46.9 Å². The van der Waals surface area contributed by atoms with Crippen LogP contribution in [0.5, 0.6) is 0 Å². The molecule has 0 saturated carbocycles. The van der Waals surface area contributed by atoms with E-state index in [-0.39, 0.29) is 5.91 Å². The molecule has 0 fully saturated rings. The number of hydrogen-bond acceptors (Lipinski definition) is 4. The van der Waals surface area contributed by atoms with E-state index in [0.29, 0.717) is 22.1 Å². The van der Waals surface area contributed by atoms with Crippen LogP contribution in [0.15, 0.2) is 30.6 Å². The lowest BCUT2D eigenvalue weighted by atomic mass is 10.2. The highest BCUT2D eigenvalue weighted by Gasteiger charge is 2.09. The molecule has 2 N–H and O–H groups in total. The average molecular weight is 277 g/mol. The second-order valence-corrected chi connectivity index (χ2v) is 4.35. The summed E-state index contributed by atoms with van der Waals surface area (Å²) in [5.74, 6) is 0.262. The summed E-state index contributed by atoms with van der Waals surface area (Å²) in [6.07, 6.45) is 3.07. The molecule has 5 nitrogen and oxygen atoms in total. The molecule has 19 heavy (non-hydrogen) atoms. The molecule has 2 heterocycles. The molecular formula is C13H13ClN4O. The van der Waals surface area contributed by atoms with Crippen molar-refractivity contribution in [3.8, 4) is 0 Å². The lowest BCUT2D eigenvalue weighted by Crippen LogP contribution is -2.12. The molecule has 98 valence electrons. The molecule has 1 amide bonds. The minimum absolute atomic E-state index is 0.275. The standard InChI is InChI=1S/C13H13ClN4O/c1-8-3-4-10(7-16-8)18-13(19)9-5-11(14)12(15-2)17-6-9/h3-7H,1-2H3,(H,15,17)(H,18,19). The predicted octanol–water partition coefficient (Wildman–Crippen LogP) is 2.73. The normalized spacial score (nSPS) is 10.1. The van der Waals surface area contributed by atoms with Crippen molar-refractivity contribution in [1.29, 1.82) is 0 Å². The average Bonchev–Trinajstić information content (AvgIpc) is 2.41. The van der Waals surface area contributed by atoms with Gasteiger partial charge in [-0.15, -0.1) is 0 Å². The fourth-order valence-electron chi connectivity index (χ4n) is 1.49. The summed E-state index contributed by atoms with van der Waals surface area (Å²) in [4.78, 5) is 20.2. The van der Waals surface area contributed by atoms with Crippen LogP contribution < -0.4 is 10.6 Å². The minimum atomic E-state index is -0.275. The van der Waals surface area contributed by atoms with Crippen LogP contribution in [0.4, 0.5) is 11.5 Å². The van der Waals surface area contributed by atoms with Crippen LogP contribution in [0.1, 0.15) is 16.1 Å². The van der Waals surface area contributed by atoms with Crippen molar-refractivity contribution < 1.29 is 4.79 Å². The number of aryl methyl sites for hydroxylation is 1. The SMILES string of the molecule is CNc1ncc(C(=O)Nc2ccc(C)nc2)cc1Cl.